The number of pyridine rings is 1. The van der Waals surface area contributed by atoms with Crippen LogP contribution in [-0.2, 0) is 17.9 Å². The van der Waals surface area contributed by atoms with E-state index < -0.39 is 5.97 Å². The molecule has 4 nitrogen and oxygen atoms in total. The molecule has 0 saturated heterocycles. The predicted octanol–water partition coefficient (Wildman–Crippen LogP) is 0.834. The normalized spacial score (nSPS) is 10.6. The quantitative estimate of drug-likeness (QED) is 0.767. The highest BCUT2D eigenvalue weighted by Crippen LogP contribution is 2.07. The Balaban J connectivity index is 2.06. The maximum Gasteiger partial charge on any atom is 0.0555 e. The van der Waals surface area contributed by atoms with Gasteiger partial charge in [-0.15, -0.1) is 0 Å². The molecule has 1 heterocycles. The summed E-state index contributed by atoms with van der Waals surface area (Å²) in [5.74, 6) is -1.08. The number of nitrogens with zero attached hydrogens (tertiary/aromatic N) is 2. The summed E-state index contributed by atoms with van der Waals surface area (Å²) in [6, 6.07) is 15.4. The average molecular weight is 255 g/mol. The molecule has 0 saturated carbocycles. The zero-order valence-electron chi connectivity index (χ0n) is 10.5. The van der Waals surface area contributed by atoms with Gasteiger partial charge in [-0.05, 0) is 17.7 Å². The number of carboxylic acid groups (broad SMARTS) is 1. The Kier molecular flexibility index (Phi) is 4.64. The number of carbonyl (C=O) groups is 1. The van der Waals surface area contributed by atoms with Gasteiger partial charge in [-0.3, -0.25) is 9.88 Å². The van der Waals surface area contributed by atoms with Crippen LogP contribution < -0.4 is 5.11 Å². The van der Waals surface area contributed by atoms with Crippen molar-refractivity contribution in [3.8, 4) is 0 Å². The standard InChI is InChI=1S/C15H16N2O2/c18-15(19)12-17(10-13-6-2-1-3-7-13)11-14-8-4-5-9-16-14/h1-9H,10-12H2,(H,18,19)/p-1. The minimum absolute atomic E-state index is 0.106. The lowest BCUT2D eigenvalue weighted by atomic mass is 10.2. The van der Waals surface area contributed by atoms with E-state index in [0.717, 1.165) is 11.3 Å². The molecule has 1 aromatic carbocycles. The second-order valence-corrected chi connectivity index (χ2v) is 4.32. The first kappa shape index (κ1) is 13.2. The van der Waals surface area contributed by atoms with Gasteiger partial charge in [0.15, 0.2) is 0 Å². The first-order valence-corrected chi connectivity index (χ1v) is 6.10. The van der Waals surface area contributed by atoms with Crippen LogP contribution >= 0.6 is 0 Å². The molecule has 0 N–H and O–H groups in total. The van der Waals surface area contributed by atoms with Crippen LogP contribution in [-0.4, -0.2) is 22.4 Å². The van der Waals surface area contributed by atoms with Gasteiger partial charge in [-0.25, -0.2) is 0 Å². The molecule has 0 atom stereocenters. The lowest BCUT2D eigenvalue weighted by molar-refractivity contribution is -0.306. The molecule has 2 rings (SSSR count). The van der Waals surface area contributed by atoms with Gasteiger partial charge < -0.3 is 9.90 Å². The molecule has 0 aliphatic heterocycles. The summed E-state index contributed by atoms with van der Waals surface area (Å²) < 4.78 is 0. The Bertz CT molecular complexity index is 473. The van der Waals surface area contributed by atoms with Crippen LogP contribution in [0.2, 0.25) is 0 Å². The van der Waals surface area contributed by atoms with Crippen LogP contribution in [0.1, 0.15) is 11.3 Å². The maximum absolute atomic E-state index is 10.8. The zero-order chi connectivity index (χ0) is 13.5. The van der Waals surface area contributed by atoms with Crippen LogP contribution in [0.3, 0.4) is 0 Å². The molecule has 19 heavy (non-hydrogen) atoms. The van der Waals surface area contributed by atoms with Gasteiger partial charge in [0.25, 0.3) is 0 Å². The van der Waals surface area contributed by atoms with Crippen molar-refractivity contribution in [3.63, 3.8) is 0 Å². The summed E-state index contributed by atoms with van der Waals surface area (Å²) in [5, 5.41) is 10.8. The number of carboxylic acids is 1. The predicted molar refractivity (Wildman–Crippen MR) is 69.8 cm³/mol. The first-order valence-electron chi connectivity index (χ1n) is 6.10. The molecule has 0 aliphatic carbocycles. The molecule has 0 aliphatic rings. The van der Waals surface area contributed by atoms with Gasteiger partial charge in [0.1, 0.15) is 0 Å². The van der Waals surface area contributed by atoms with Crippen LogP contribution in [0.15, 0.2) is 54.7 Å². The Morgan fingerprint density at radius 3 is 2.42 bits per heavy atom. The third kappa shape index (κ3) is 4.52. The van der Waals surface area contributed by atoms with E-state index in [4.69, 9.17) is 0 Å². The molecule has 98 valence electrons. The summed E-state index contributed by atoms with van der Waals surface area (Å²) in [7, 11) is 0. The molecule has 0 fully saturated rings. The summed E-state index contributed by atoms with van der Waals surface area (Å²) in [4.78, 5) is 16.8. The molecule has 0 spiro atoms. The second-order valence-electron chi connectivity index (χ2n) is 4.32. The molecule has 0 unspecified atom stereocenters. The van der Waals surface area contributed by atoms with Crippen molar-refractivity contribution in [2.45, 2.75) is 13.1 Å². The number of hydrogen-bond acceptors (Lipinski definition) is 4. The summed E-state index contributed by atoms with van der Waals surface area (Å²) in [5.41, 5.74) is 1.92. The monoisotopic (exact) mass is 255 g/mol. The van der Waals surface area contributed by atoms with Crippen LogP contribution in [0.25, 0.3) is 0 Å². The number of hydrogen-bond donors (Lipinski definition) is 0. The fraction of sp³-hybridized carbons (Fsp3) is 0.200. The minimum atomic E-state index is -1.08. The van der Waals surface area contributed by atoms with Crippen molar-refractivity contribution in [1.82, 2.24) is 9.88 Å². The van der Waals surface area contributed by atoms with Crippen molar-refractivity contribution in [2.75, 3.05) is 6.54 Å². The van der Waals surface area contributed by atoms with E-state index in [1.165, 1.54) is 0 Å². The molecule has 2 aromatic rings. The van der Waals surface area contributed by atoms with E-state index in [1.807, 2.05) is 48.5 Å². The third-order valence-corrected chi connectivity index (χ3v) is 2.71. The highest BCUT2D eigenvalue weighted by atomic mass is 16.4. The highest BCUT2D eigenvalue weighted by Gasteiger charge is 2.08. The van der Waals surface area contributed by atoms with Crippen molar-refractivity contribution < 1.29 is 9.90 Å². The Labute approximate surface area is 112 Å². The molecule has 0 bridgehead atoms. The summed E-state index contributed by atoms with van der Waals surface area (Å²) in [6.07, 6.45) is 1.70. The SMILES string of the molecule is O=C([O-])CN(Cc1ccccc1)Cc1ccccn1. The number of carbonyl (C=O) groups excluding carboxylic acids is 1. The van der Waals surface area contributed by atoms with E-state index in [2.05, 4.69) is 4.98 Å². The lowest BCUT2D eigenvalue weighted by Crippen LogP contribution is -2.37. The number of aromatic nitrogens is 1. The molecule has 0 amide bonds. The van der Waals surface area contributed by atoms with Crippen molar-refractivity contribution in [3.05, 3.63) is 66.0 Å². The van der Waals surface area contributed by atoms with Crippen LogP contribution in [0, 0.1) is 0 Å². The molecular weight excluding hydrogens is 240 g/mol. The molecule has 4 heteroatoms. The number of rotatable bonds is 6. The summed E-state index contributed by atoms with van der Waals surface area (Å²) in [6.45, 7) is 0.945. The summed E-state index contributed by atoms with van der Waals surface area (Å²) >= 11 is 0. The average Bonchev–Trinajstić information content (AvgIpc) is 2.40. The minimum Gasteiger partial charge on any atom is -0.549 e. The van der Waals surface area contributed by atoms with E-state index in [0.29, 0.717) is 13.1 Å². The zero-order valence-corrected chi connectivity index (χ0v) is 10.5. The Morgan fingerprint density at radius 1 is 1.05 bits per heavy atom. The Hall–Kier alpha value is -2.20. The van der Waals surface area contributed by atoms with Crippen molar-refractivity contribution >= 4 is 5.97 Å². The van der Waals surface area contributed by atoms with E-state index in [1.54, 1.807) is 11.1 Å². The van der Waals surface area contributed by atoms with Gasteiger partial charge >= 0.3 is 0 Å². The largest absolute Gasteiger partial charge is 0.549 e. The van der Waals surface area contributed by atoms with E-state index in [-0.39, 0.29) is 6.54 Å². The lowest BCUT2D eigenvalue weighted by Gasteiger charge is -2.22. The third-order valence-electron chi connectivity index (χ3n) is 2.71. The molecule has 1 aromatic heterocycles. The van der Waals surface area contributed by atoms with E-state index in [9.17, 15) is 9.90 Å². The van der Waals surface area contributed by atoms with Gasteiger partial charge in [-0.2, -0.15) is 0 Å². The first-order chi connectivity index (χ1) is 9.24. The van der Waals surface area contributed by atoms with Crippen molar-refractivity contribution in [2.24, 2.45) is 0 Å². The molecular formula is C15H15N2O2-. The van der Waals surface area contributed by atoms with Gasteiger partial charge in [-0.1, -0.05) is 36.4 Å². The van der Waals surface area contributed by atoms with Crippen molar-refractivity contribution in [1.29, 1.82) is 0 Å². The maximum atomic E-state index is 10.8. The highest BCUT2D eigenvalue weighted by molar-refractivity contribution is 5.66. The number of benzene rings is 1. The van der Waals surface area contributed by atoms with Crippen LogP contribution in [0.4, 0.5) is 0 Å². The fourth-order valence-electron chi connectivity index (χ4n) is 1.91. The van der Waals surface area contributed by atoms with Gasteiger partial charge in [0.2, 0.25) is 0 Å². The second kappa shape index (κ2) is 6.66. The topological polar surface area (TPSA) is 56.3 Å². The van der Waals surface area contributed by atoms with Crippen LogP contribution in [0.5, 0.6) is 0 Å². The Morgan fingerprint density at radius 2 is 1.79 bits per heavy atom. The van der Waals surface area contributed by atoms with E-state index >= 15 is 0 Å². The smallest absolute Gasteiger partial charge is 0.0555 e. The number of aliphatic carboxylic acids is 1. The fourth-order valence-corrected chi connectivity index (χ4v) is 1.91. The van der Waals surface area contributed by atoms with Gasteiger partial charge in [0, 0.05) is 25.8 Å². The van der Waals surface area contributed by atoms with Gasteiger partial charge in [0.05, 0.1) is 11.7 Å². The molecule has 0 radical (unpaired) electrons.